The minimum Gasteiger partial charge on any atom is -0.500 e. The minimum atomic E-state index is -2.95. The van der Waals surface area contributed by atoms with Crippen molar-refractivity contribution >= 4 is 43.1 Å². The average molecular weight is 494 g/mol. The van der Waals surface area contributed by atoms with E-state index in [-0.39, 0.29) is 28.5 Å². The Labute approximate surface area is 186 Å². The van der Waals surface area contributed by atoms with E-state index >= 15 is 0 Å². The molecule has 0 fully saturated rings. The molecule has 1 aromatic carbocycles. The van der Waals surface area contributed by atoms with E-state index in [0.717, 1.165) is 12.1 Å². The highest BCUT2D eigenvalue weighted by Crippen LogP contribution is 2.44. The lowest BCUT2D eigenvalue weighted by Crippen LogP contribution is -3.12. The number of aromatic hydroxyl groups is 1. The SMILES string of the molecule is CO[NH+]1C(Cl)=C(c2noc(-c3cc(OP(O)O)c(O)c([N+](=O)[O-])c3)n2)C(C)=C(Cl)C1C. The van der Waals surface area contributed by atoms with Crippen LogP contribution in [0.3, 0.4) is 0 Å². The number of phenols is 1. The summed E-state index contributed by atoms with van der Waals surface area (Å²) in [6, 6.07) is 1.78. The van der Waals surface area contributed by atoms with Crippen molar-refractivity contribution in [3.63, 3.8) is 0 Å². The van der Waals surface area contributed by atoms with Crippen molar-refractivity contribution in [2.75, 3.05) is 7.11 Å². The van der Waals surface area contributed by atoms with Crippen LogP contribution >= 0.6 is 31.8 Å². The summed E-state index contributed by atoms with van der Waals surface area (Å²) in [6.45, 7) is 3.54. The van der Waals surface area contributed by atoms with Crippen molar-refractivity contribution in [1.82, 2.24) is 10.1 Å². The van der Waals surface area contributed by atoms with Gasteiger partial charge in [0.2, 0.25) is 16.7 Å². The van der Waals surface area contributed by atoms with Crippen LogP contribution in [0.25, 0.3) is 17.0 Å². The van der Waals surface area contributed by atoms with Gasteiger partial charge in [0.05, 0.1) is 22.6 Å². The number of hydroxylamine groups is 2. The third-order valence-electron chi connectivity index (χ3n) is 4.49. The molecule has 166 valence electrons. The number of allylic oxidation sites excluding steroid dienone is 2. The quantitative estimate of drug-likeness (QED) is 0.202. The van der Waals surface area contributed by atoms with Gasteiger partial charge in [-0.25, -0.2) is 4.84 Å². The van der Waals surface area contributed by atoms with E-state index in [1.807, 2.05) is 6.92 Å². The zero-order valence-electron chi connectivity index (χ0n) is 16.2. The van der Waals surface area contributed by atoms with Crippen LogP contribution in [0, 0.1) is 10.1 Å². The molecule has 0 radical (unpaired) electrons. The second-order valence-electron chi connectivity index (χ2n) is 6.32. The fourth-order valence-electron chi connectivity index (χ4n) is 3.03. The van der Waals surface area contributed by atoms with Crippen LogP contribution in [0.1, 0.15) is 19.7 Å². The Morgan fingerprint density at radius 1 is 1.35 bits per heavy atom. The molecule has 2 unspecified atom stereocenters. The molecule has 3 rings (SSSR count). The molecule has 1 aliphatic rings. The van der Waals surface area contributed by atoms with Gasteiger partial charge < -0.3 is 23.9 Å². The zero-order valence-corrected chi connectivity index (χ0v) is 18.6. The number of nitro groups is 1. The molecule has 0 amide bonds. The molecule has 0 bridgehead atoms. The predicted octanol–water partition coefficient (Wildman–Crippen LogP) is 2.21. The van der Waals surface area contributed by atoms with Gasteiger partial charge in [0.15, 0.2) is 11.8 Å². The second-order valence-corrected chi connectivity index (χ2v) is 7.79. The van der Waals surface area contributed by atoms with Crippen LogP contribution in [0.5, 0.6) is 11.5 Å². The summed E-state index contributed by atoms with van der Waals surface area (Å²) in [5.74, 6) is -1.57. The molecule has 2 heterocycles. The Morgan fingerprint density at radius 2 is 2.03 bits per heavy atom. The van der Waals surface area contributed by atoms with Crippen molar-refractivity contribution in [2.45, 2.75) is 19.9 Å². The van der Waals surface area contributed by atoms with Crippen LogP contribution in [-0.2, 0) is 4.84 Å². The number of rotatable bonds is 6. The van der Waals surface area contributed by atoms with Gasteiger partial charge in [0.1, 0.15) is 5.57 Å². The van der Waals surface area contributed by atoms with Crippen LogP contribution < -0.4 is 9.59 Å². The molecule has 0 spiro atoms. The highest BCUT2D eigenvalue weighted by molar-refractivity contribution is 7.39. The number of nitrogens with one attached hydrogen (secondary N) is 1. The van der Waals surface area contributed by atoms with E-state index in [4.69, 9.17) is 42.3 Å². The summed E-state index contributed by atoms with van der Waals surface area (Å²) in [4.78, 5) is 38.1. The van der Waals surface area contributed by atoms with Crippen molar-refractivity contribution in [1.29, 1.82) is 0 Å². The molecular weight excluding hydrogens is 478 g/mol. The Morgan fingerprint density at radius 3 is 2.61 bits per heavy atom. The molecule has 12 nitrogen and oxygen atoms in total. The summed E-state index contributed by atoms with van der Waals surface area (Å²) >= 11 is 12.9. The van der Waals surface area contributed by atoms with Gasteiger partial charge in [-0.15, -0.1) is 5.06 Å². The van der Waals surface area contributed by atoms with E-state index in [1.165, 1.54) is 7.11 Å². The number of hydrogen-bond acceptors (Lipinski definition) is 10. The maximum Gasteiger partial charge on any atom is 0.391 e. The van der Waals surface area contributed by atoms with Crippen LogP contribution in [0.2, 0.25) is 0 Å². The summed E-state index contributed by atoms with van der Waals surface area (Å²) in [6.07, 6.45) is 0. The van der Waals surface area contributed by atoms with E-state index < -0.39 is 30.7 Å². The smallest absolute Gasteiger partial charge is 0.391 e. The molecule has 4 N–H and O–H groups in total. The monoisotopic (exact) mass is 493 g/mol. The van der Waals surface area contributed by atoms with Gasteiger partial charge in [-0.2, -0.15) is 4.98 Å². The van der Waals surface area contributed by atoms with Gasteiger partial charge in [0, 0.05) is 6.07 Å². The fourth-order valence-corrected chi connectivity index (χ4v) is 4.00. The Hall–Kier alpha value is -2.31. The largest absolute Gasteiger partial charge is 0.500 e. The Kier molecular flexibility index (Phi) is 6.82. The molecule has 2 aromatic rings. The fraction of sp³-hybridized carbons (Fsp3) is 0.250. The number of halogens is 2. The van der Waals surface area contributed by atoms with Gasteiger partial charge in [0.25, 0.3) is 5.89 Å². The highest BCUT2D eigenvalue weighted by atomic mass is 35.5. The highest BCUT2D eigenvalue weighted by Gasteiger charge is 2.38. The van der Waals surface area contributed by atoms with Crippen molar-refractivity contribution in [3.8, 4) is 23.0 Å². The maximum atomic E-state index is 11.3. The van der Waals surface area contributed by atoms with E-state index in [1.54, 1.807) is 6.92 Å². The first-order valence-corrected chi connectivity index (χ1v) is 10.4. The lowest BCUT2D eigenvalue weighted by molar-refractivity contribution is -1.06. The van der Waals surface area contributed by atoms with Crippen LogP contribution in [0.15, 0.2) is 32.4 Å². The lowest BCUT2D eigenvalue weighted by atomic mass is 10.0. The average Bonchev–Trinajstić information content (AvgIpc) is 3.17. The number of benzene rings is 1. The van der Waals surface area contributed by atoms with Gasteiger partial charge >= 0.3 is 14.3 Å². The van der Waals surface area contributed by atoms with Crippen LogP contribution in [0.4, 0.5) is 5.69 Å². The molecule has 1 aromatic heterocycles. The number of hydrogen-bond donors (Lipinski definition) is 4. The summed E-state index contributed by atoms with van der Waals surface area (Å²) in [7, 11) is -1.50. The number of quaternary nitrogens is 1. The van der Waals surface area contributed by atoms with Crippen molar-refractivity contribution in [2.24, 2.45) is 0 Å². The standard InChI is InChI=1S/C16H15Cl2N4O8P/c1-6-11(14(18)21(28-3)7(2)12(6)17)15-19-16(29-20-15)8-4-9(22(24)25)13(23)10(5-8)30-31(26)27/h4-5,7,23,26-27H,1-3H3/p+1. The number of aromatic nitrogens is 2. The molecule has 2 atom stereocenters. The van der Waals surface area contributed by atoms with Gasteiger partial charge in [-0.05, 0) is 37.1 Å². The number of nitrogens with zero attached hydrogens (tertiary/aromatic N) is 3. The van der Waals surface area contributed by atoms with E-state index in [9.17, 15) is 15.2 Å². The van der Waals surface area contributed by atoms with Gasteiger partial charge in [-0.3, -0.25) is 10.1 Å². The molecule has 1 aliphatic heterocycles. The van der Waals surface area contributed by atoms with E-state index in [2.05, 4.69) is 14.7 Å². The maximum absolute atomic E-state index is 11.3. The normalized spacial score (nSPS) is 19.4. The zero-order chi connectivity index (χ0) is 23.0. The summed E-state index contributed by atoms with van der Waals surface area (Å²) in [5.41, 5.74) is 0.177. The Bertz CT molecular complexity index is 1100. The summed E-state index contributed by atoms with van der Waals surface area (Å²) in [5, 5.41) is 26.2. The molecule has 31 heavy (non-hydrogen) atoms. The second kappa shape index (κ2) is 9.05. The molecular formula is C16H16Cl2N4O8P+. The third kappa shape index (κ3) is 4.37. The lowest BCUT2D eigenvalue weighted by Gasteiger charge is -2.27. The Balaban J connectivity index is 2.11. The molecule has 15 heteroatoms. The van der Waals surface area contributed by atoms with Gasteiger partial charge in [-0.1, -0.05) is 16.8 Å². The first-order valence-electron chi connectivity index (χ1n) is 8.46. The summed E-state index contributed by atoms with van der Waals surface area (Å²) < 4.78 is 9.88. The molecule has 0 saturated heterocycles. The third-order valence-corrected chi connectivity index (χ3v) is 5.84. The topological polar surface area (TPSA) is 166 Å². The first kappa shape index (κ1) is 23.4. The number of phenolic OH excluding ortho intramolecular Hbond substituents is 1. The van der Waals surface area contributed by atoms with E-state index in [0.29, 0.717) is 21.2 Å². The number of nitro benzene ring substituents is 1. The predicted molar refractivity (Wildman–Crippen MR) is 109 cm³/mol. The minimum absolute atomic E-state index is 0.0142. The van der Waals surface area contributed by atoms with Crippen molar-refractivity contribution < 1.29 is 38.8 Å². The molecule has 0 saturated carbocycles. The van der Waals surface area contributed by atoms with Crippen molar-refractivity contribution in [3.05, 3.63) is 43.8 Å². The van der Waals surface area contributed by atoms with Crippen LogP contribution in [-0.4, -0.2) is 43.1 Å². The first-order chi connectivity index (χ1) is 14.6. The molecule has 0 aliphatic carbocycles.